The van der Waals surface area contributed by atoms with Crippen molar-refractivity contribution in [2.45, 2.75) is 51.9 Å². The lowest BCUT2D eigenvalue weighted by Crippen LogP contribution is -2.50. The minimum absolute atomic E-state index is 0.134. The summed E-state index contributed by atoms with van der Waals surface area (Å²) in [6.45, 7) is 6.07. The van der Waals surface area contributed by atoms with E-state index < -0.39 is 17.3 Å². The van der Waals surface area contributed by atoms with E-state index in [0.29, 0.717) is 34.3 Å². The smallest absolute Gasteiger partial charge is 0.341 e. The van der Waals surface area contributed by atoms with Gasteiger partial charge in [-0.1, -0.05) is 43.1 Å². The second-order valence-corrected chi connectivity index (χ2v) is 9.88. The molecule has 164 valence electrons. The van der Waals surface area contributed by atoms with Gasteiger partial charge >= 0.3 is 5.97 Å². The van der Waals surface area contributed by atoms with Crippen LogP contribution in [0.15, 0.2) is 45.5 Å². The Kier molecular flexibility index (Phi) is 5.24. The van der Waals surface area contributed by atoms with Crippen LogP contribution in [0, 0.1) is 5.41 Å². The van der Waals surface area contributed by atoms with Crippen LogP contribution in [0.3, 0.4) is 0 Å². The molecule has 1 atom stereocenters. The maximum atomic E-state index is 13.6. The van der Waals surface area contributed by atoms with Crippen molar-refractivity contribution in [3.05, 3.63) is 51.0 Å². The van der Waals surface area contributed by atoms with Crippen molar-refractivity contribution in [3.63, 3.8) is 0 Å². The number of amides is 1. The van der Waals surface area contributed by atoms with Gasteiger partial charge in [0.2, 0.25) is 11.8 Å². The van der Waals surface area contributed by atoms with Crippen molar-refractivity contribution in [1.82, 2.24) is 0 Å². The van der Waals surface area contributed by atoms with Gasteiger partial charge in [-0.15, -0.1) is 0 Å². The van der Waals surface area contributed by atoms with Crippen LogP contribution < -0.4 is 11.1 Å². The van der Waals surface area contributed by atoms with Crippen LogP contribution in [0.5, 0.6) is 0 Å². The summed E-state index contributed by atoms with van der Waals surface area (Å²) in [6.07, 6.45) is 2.15. The first kappa shape index (κ1) is 21.6. The van der Waals surface area contributed by atoms with Gasteiger partial charge in [0.25, 0.3) is 0 Å². The van der Waals surface area contributed by atoms with E-state index in [0.717, 1.165) is 6.42 Å². The van der Waals surface area contributed by atoms with E-state index in [2.05, 4.69) is 21.2 Å². The Labute approximate surface area is 189 Å². The Balaban J connectivity index is 1.98. The number of carbonyl (C=O) groups is 3. The van der Waals surface area contributed by atoms with Gasteiger partial charge < -0.3 is 20.5 Å². The normalized spacial score (nSPS) is 24.0. The summed E-state index contributed by atoms with van der Waals surface area (Å²) in [4.78, 5) is 40.3. The zero-order valence-electron chi connectivity index (χ0n) is 17.8. The van der Waals surface area contributed by atoms with Crippen molar-refractivity contribution in [2.75, 3.05) is 11.9 Å². The lowest BCUT2D eigenvalue weighted by molar-refractivity contribution is -0.141. The fourth-order valence-corrected chi connectivity index (χ4v) is 5.03. The number of hydrogen-bond donors (Lipinski definition) is 2. The molecule has 1 spiro atoms. The number of nitrogens with two attached hydrogens (primary N) is 1. The van der Waals surface area contributed by atoms with Gasteiger partial charge in [-0.25, -0.2) is 4.79 Å². The number of carbonyl (C=O) groups excluding carboxylic acids is 3. The van der Waals surface area contributed by atoms with Crippen LogP contribution >= 0.6 is 15.9 Å². The maximum Gasteiger partial charge on any atom is 0.341 e. The molecule has 0 saturated heterocycles. The van der Waals surface area contributed by atoms with Crippen LogP contribution in [0.4, 0.5) is 5.69 Å². The Morgan fingerprint density at radius 1 is 1.29 bits per heavy atom. The molecule has 2 heterocycles. The van der Waals surface area contributed by atoms with Crippen molar-refractivity contribution in [2.24, 2.45) is 11.1 Å². The Morgan fingerprint density at radius 3 is 2.74 bits per heavy atom. The van der Waals surface area contributed by atoms with Gasteiger partial charge in [0.15, 0.2) is 5.78 Å². The quantitative estimate of drug-likeness (QED) is 0.492. The van der Waals surface area contributed by atoms with E-state index in [9.17, 15) is 14.4 Å². The predicted octanol–water partition coefficient (Wildman–Crippen LogP) is 3.83. The molecule has 0 saturated carbocycles. The van der Waals surface area contributed by atoms with Crippen molar-refractivity contribution < 1.29 is 23.9 Å². The van der Waals surface area contributed by atoms with Crippen molar-refractivity contribution in [3.8, 4) is 0 Å². The van der Waals surface area contributed by atoms with Crippen LogP contribution in [0.25, 0.3) is 0 Å². The van der Waals surface area contributed by atoms with E-state index in [-0.39, 0.29) is 41.3 Å². The molecule has 3 N–H and O–H groups in total. The fraction of sp³-hybridized carbons (Fsp3) is 0.435. The average molecular weight is 489 g/mol. The number of fused-ring (bicyclic) bond motifs is 3. The van der Waals surface area contributed by atoms with Crippen LogP contribution in [-0.4, -0.2) is 24.3 Å². The molecular weight excluding hydrogens is 464 g/mol. The number of unbranched alkanes of at least 4 members (excludes halogenated alkanes) is 1. The molecule has 1 aromatic rings. The Hall–Kier alpha value is -2.61. The summed E-state index contributed by atoms with van der Waals surface area (Å²) in [7, 11) is 0. The third kappa shape index (κ3) is 3.28. The molecule has 1 unspecified atom stereocenters. The number of benzene rings is 1. The molecule has 2 aliphatic heterocycles. The fourth-order valence-electron chi connectivity index (χ4n) is 4.67. The third-order valence-electron chi connectivity index (χ3n) is 5.98. The number of rotatable bonds is 4. The standard InChI is InChI=1S/C23H25BrN2O5/c1-4-5-8-30-20(28)18-19(25)31-16-11-22(2,3)10-15(27)17(16)23(18)13-9-12(24)6-7-14(13)26-21(23)29/h6-7,9H,4-5,8,10-11,25H2,1-3H3,(H,26,29). The molecule has 31 heavy (non-hydrogen) atoms. The maximum absolute atomic E-state index is 13.6. The first-order chi connectivity index (χ1) is 14.6. The molecule has 3 aliphatic rings. The van der Waals surface area contributed by atoms with Crippen molar-refractivity contribution >= 4 is 39.3 Å². The zero-order valence-corrected chi connectivity index (χ0v) is 19.4. The van der Waals surface area contributed by atoms with Crippen molar-refractivity contribution in [1.29, 1.82) is 0 Å². The van der Waals surface area contributed by atoms with E-state index in [1.54, 1.807) is 18.2 Å². The van der Waals surface area contributed by atoms with E-state index in [4.69, 9.17) is 15.2 Å². The lowest BCUT2D eigenvalue weighted by Gasteiger charge is -2.42. The highest BCUT2D eigenvalue weighted by Gasteiger charge is 2.62. The summed E-state index contributed by atoms with van der Waals surface area (Å²) in [5.41, 5.74) is 5.25. The third-order valence-corrected chi connectivity index (χ3v) is 6.47. The van der Waals surface area contributed by atoms with Gasteiger partial charge in [-0.2, -0.15) is 0 Å². The molecule has 1 amide bonds. The summed E-state index contributed by atoms with van der Waals surface area (Å²) in [5.74, 6) is -1.35. The molecule has 1 aliphatic carbocycles. The highest BCUT2D eigenvalue weighted by atomic mass is 79.9. The highest BCUT2D eigenvalue weighted by molar-refractivity contribution is 9.10. The predicted molar refractivity (Wildman–Crippen MR) is 118 cm³/mol. The van der Waals surface area contributed by atoms with E-state index in [1.165, 1.54) is 0 Å². The number of anilines is 1. The molecule has 8 heteroatoms. The van der Waals surface area contributed by atoms with E-state index in [1.807, 2.05) is 20.8 Å². The number of nitrogens with one attached hydrogen (secondary N) is 1. The summed E-state index contributed by atoms with van der Waals surface area (Å²) >= 11 is 3.44. The lowest BCUT2D eigenvalue weighted by atomic mass is 9.62. The van der Waals surface area contributed by atoms with E-state index >= 15 is 0 Å². The summed E-state index contributed by atoms with van der Waals surface area (Å²) in [6, 6.07) is 5.25. The minimum atomic E-state index is -1.70. The molecule has 0 bridgehead atoms. The SMILES string of the molecule is CCCCOC(=O)C1=C(N)OC2=C(C(=O)CC(C)(C)C2)C12C(=O)Nc1ccc(Br)cc12. The first-order valence-corrected chi connectivity index (χ1v) is 11.1. The molecule has 1 aromatic carbocycles. The Bertz CT molecular complexity index is 1070. The number of esters is 1. The molecule has 0 fully saturated rings. The van der Waals surface area contributed by atoms with Gasteiger partial charge in [0.1, 0.15) is 16.7 Å². The van der Waals surface area contributed by atoms with Gasteiger partial charge in [-0.3, -0.25) is 9.59 Å². The highest BCUT2D eigenvalue weighted by Crippen LogP contribution is 2.56. The molecule has 0 radical (unpaired) electrons. The number of ketones is 1. The zero-order chi connectivity index (χ0) is 22.6. The number of ether oxygens (including phenoxy) is 2. The number of Topliss-reactive ketones (excluding diaryl/α,β-unsaturated/α-hetero) is 1. The van der Waals surface area contributed by atoms with Crippen LogP contribution in [0.2, 0.25) is 0 Å². The number of allylic oxidation sites excluding steroid dienone is 1. The largest absolute Gasteiger partial charge is 0.462 e. The number of hydrogen-bond acceptors (Lipinski definition) is 6. The van der Waals surface area contributed by atoms with Gasteiger partial charge in [0, 0.05) is 28.6 Å². The topological polar surface area (TPSA) is 108 Å². The minimum Gasteiger partial charge on any atom is -0.462 e. The molecular formula is C23H25BrN2O5. The summed E-state index contributed by atoms with van der Waals surface area (Å²) < 4.78 is 12.0. The Morgan fingerprint density at radius 2 is 2.03 bits per heavy atom. The first-order valence-electron chi connectivity index (χ1n) is 10.4. The second kappa shape index (κ2) is 7.51. The molecule has 7 nitrogen and oxygen atoms in total. The number of halogens is 1. The van der Waals surface area contributed by atoms with Gasteiger partial charge in [-0.05, 0) is 30.0 Å². The summed E-state index contributed by atoms with van der Waals surface area (Å²) in [5, 5.41) is 2.83. The molecule has 0 aromatic heterocycles. The second-order valence-electron chi connectivity index (χ2n) is 8.96. The monoisotopic (exact) mass is 488 g/mol. The van der Waals surface area contributed by atoms with Gasteiger partial charge in [0.05, 0.1) is 12.2 Å². The van der Waals surface area contributed by atoms with Crippen LogP contribution in [0.1, 0.15) is 52.0 Å². The van der Waals surface area contributed by atoms with Crippen LogP contribution in [-0.2, 0) is 29.3 Å². The molecule has 4 rings (SSSR count). The average Bonchev–Trinajstić information content (AvgIpc) is 2.92.